The van der Waals surface area contributed by atoms with Crippen LogP contribution < -0.4 is 9.03 Å². The van der Waals surface area contributed by atoms with Gasteiger partial charge in [-0.1, -0.05) is 23.8 Å². The standard InChI is InChI=1S/C14H12ClFN6O2S5/c15-9-7-8(1-2-10(9)16)29(23,24)19-11-17-3-4-20(11)14(26)28-22-6-5-21-12(22)18-27-13(21)25/h1-2,7H,3-6H2,(H,17,19). The maximum absolute atomic E-state index is 13.3. The molecule has 8 nitrogen and oxygen atoms in total. The summed E-state index contributed by atoms with van der Waals surface area (Å²) in [5.41, 5.74) is 0. The fourth-order valence-electron chi connectivity index (χ4n) is 2.69. The van der Waals surface area contributed by atoms with Crippen molar-refractivity contribution in [3.63, 3.8) is 0 Å². The van der Waals surface area contributed by atoms with Crippen molar-refractivity contribution in [1.82, 2.24) is 18.6 Å². The van der Waals surface area contributed by atoms with Gasteiger partial charge < -0.3 is 0 Å². The topological polar surface area (TPSA) is 82.8 Å². The first-order chi connectivity index (χ1) is 13.8. The van der Waals surface area contributed by atoms with Gasteiger partial charge in [-0.3, -0.25) is 18.8 Å². The van der Waals surface area contributed by atoms with Gasteiger partial charge in [-0.15, -0.1) is 0 Å². The second-order valence-corrected chi connectivity index (χ2v) is 11.0. The lowest BCUT2D eigenvalue weighted by atomic mass is 10.3. The van der Waals surface area contributed by atoms with E-state index >= 15 is 0 Å². The number of fused-ring (bicyclic) bond motifs is 1. The van der Waals surface area contributed by atoms with Gasteiger partial charge in [0.2, 0.25) is 11.9 Å². The Balaban J connectivity index is 1.48. The van der Waals surface area contributed by atoms with E-state index in [0.29, 0.717) is 27.9 Å². The Labute approximate surface area is 189 Å². The van der Waals surface area contributed by atoms with E-state index in [9.17, 15) is 12.8 Å². The minimum atomic E-state index is -4.01. The zero-order valence-corrected chi connectivity index (χ0v) is 19.2. The molecule has 1 N–H and O–H groups in total. The molecule has 3 heterocycles. The molecule has 1 aromatic carbocycles. The normalized spacial score (nSPS) is 16.1. The van der Waals surface area contributed by atoms with Crippen LogP contribution >= 0.6 is 59.5 Å². The summed E-state index contributed by atoms with van der Waals surface area (Å²) in [5, 5.41) is -0.282. The number of hydrogen-bond acceptors (Lipinski definition) is 9. The Morgan fingerprint density at radius 2 is 2.14 bits per heavy atom. The number of aromatic nitrogens is 2. The van der Waals surface area contributed by atoms with E-state index in [4.69, 9.17) is 36.0 Å². The third kappa shape index (κ3) is 4.14. The Morgan fingerprint density at radius 3 is 2.90 bits per heavy atom. The van der Waals surface area contributed by atoms with Crippen molar-refractivity contribution in [2.24, 2.45) is 4.99 Å². The lowest BCUT2D eigenvalue weighted by Crippen LogP contribution is -2.44. The van der Waals surface area contributed by atoms with Crippen molar-refractivity contribution in [2.75, 3.05) is 23.9 Å². The maximum Gasteiger partial charge on any atom is 0.264 e. The fraction of sp³-hybridized carbons (Fsp3) is 0.286. The molecule has 2 aliphatic rings. The first kappa shape index (κ1) is 20.9. The highest BCUT2D eigenvalue weighted by atomic mass is 35.5. The van der Waals surface area contributed by atoms with E-state index < -0.39 is 15.8 Å². The van der Waals surface area contributed by atoms with E-state index in [2.05, 4.69) is 14.1 Å². The maximum atomic E-state index is 13.3. The lowest BCUT2D eigenvalue weighted by molar-refractivity contribution is 0.587. The van der Waals surface area contributed by atoms with Crippen molar-refractivity contribution in [3.05, 3.63) is 33.0 Å². The highest BCUT2D eigenvalue weighted by Gasteiger charge is 2.30. The molecule has 154 valence electrons. The molecule has 4 rings (SSSR count). The van der Waals surface area contributed by atoms with Gasteiger partial charge >= 0.3 is 0 Å². The van der Waals surface area contributed by atoms with Gasteiger partial charge in [-0.25, -0.2) is 17.5 Å². The van der Waals surface area contributed by atoms with Crippen LogP contribution in [0.3, 0.4) is 0 Å². The van der Waals surface area contributed by atoms with E-state index in [1.165, 1.54) is 23.5 Å². The quantitative estimate of drug-likeness (QED) is 0.498. The minimum Gasteiger partial charge on any atom is -0.294 e. The smallest absolute Gasteiger partial charge is 0.264 e. The van der Waals surface area contributed by atoms with Gasteiger partial charge in [-0.05, 0) is 41.9 Å². The van der Waals surface area contributed by atoms with E-state index in [0.717, 1.165) is 30.7 Å². The number of thiocarbonyl (C=S) groups is 1. The molecule has 29 heavy (non-hydrogen) atoms. The van der Waals surface area contributed by atoms with Crippen molar-refractivity contribution >= 4 is 85.8 Å². The molecule has 0 radical (unpaired) electrons. The number of hydrogen-bond donors (Lipinski definition) is 1. The van der Waals surface area contributed by atoms with Crippen LogP contribution in [0.4, 0.5) is 10.3 Å². The summed E-state index contributed by atoms with van der Waals surface area (Å²) >= 11 is 19.0. The SMILES string of the molecule is O=S(=O)(NC1=NCCN1C(=S)SN1CCn2c1nsc2=S)c1ccc(F)c(Cl)c1. The van der Waals surface area contributed by atoms with Gasteiger partial charge in [0.15, 0.2) is 8.27 Å². The number of guanidine groups is 1. The minimum absolute atomic E-state index is 0.109. The molecule has 0 fully saturated rings. The highest BCUT2D eigenvalue weighted by molar-refractivity contribution is 8.23. The number of nitrogens with zero attached hydrogens (tertiary/aromatic N) is 5. The van der Waals surface area contributed by atoms with Crippen molar-refractivity contribution < 1.29 is 12.8 Å². The molecule has 1 aromatic heterocycles. The Kier molecular flexibility index (Phi) is 5.83. The summed E-state index contributed by atoms with van der Waals surface area (Å²) in [6, 6.07) is 3.17. The molecule has 0 saturated carbocycles. The molecule has 2 aromatic rings. The number of halogens is 2. The first-order valence-electron chi connectivity index (χ1n) is 8.12. The number of sulfonamides is 1. The van der Waals surface area contributed by atoms with Gasteiger partial charge in [0.1, 0.15) is 5.82 Å². The number of benzene rings is 1. The summed E-state index contributed by atoms with van der Waals surface area (Å²) in [6.45, 7) is 2.23. The predicted octanol–water partition coefficient (Wildman–Crippen LogP) is 2.87. The van der Waals surface area contributed by atoms with E-state index in [1.807, 2.05) is 8.87 Å². The van der Waals surface area contributed by atoms with Crippen LogP contribution in [0, 0.1) is 9.77 Å². The zero-order chi connectivity index (χ0) is 20.8. The molecule has 0 bridgehead atoms. The van der Waals surface area contributed by atoms with Crippen LogP contribution in [0.5, 0.6) is 0 Å². The molecular formula is C14H12ClFN6O2S5. The van der Waals surface area contributed by atoms with Crippen LogP contribution in [0.1, 0.15) is 0 Å². The second kappa shape index (κ2) is 8.07. The summed E-state index contributed by atoms with van der Waals surface area (Å²) in [6.07, 6.45) is 0. The third-order valence-corrected chi connectivity index (χ3v) is 8.17. The Morgan fingerprint density at radius 1 is 1.34 bits per heavy atom. The molecule has 0 aliphatic carbocycles. The molecule has 15 heteroatoms. The highest BCUT2D eigenvalue weighted by Crippen LogP contribution is 2.30. The Hall–Kier alpha value is -1.32. The summed E-state index contributed by atoms with van der Waals surface area (Å²) in [5.74, 6) is 0.138. The monoisotopic (exact) mass is 510 g/mol. The van der Waals surface area contributed by atoms with E-state index in [-0.39, 0.29) is 15.9 Å². The molecule has 0 spiro atoms. The van der Waals surface area contributed by atoms with E-state index in [1.54, 1.807) is 4.90 Å². The van der Waals surface area contributed by atoms with Crippen molar-refractivity contribution in [1.29, 1.82) is 0 Å². The average Bonchev–Trinajstić information content (AvgIpc) is 3.36. The lowest BCUT2D eigenvalue weighted by Gasteiger charge is -2.23. The van der Waals surface area contributed by atoms with Crippen LogP contribution in [0.25, 0.3) is 0 Å². The summed E-state index contributed by atoms with van der Waals surface area (Å²) < 4.78 is 50.3. The van der Waals surface area contributed by atoms with Crippen LogP contribution in [0.15, 0.2) is 28.1 Å². The van der Waals surface area contributed by atoms with Gasteiger partial charge in [0.05, 0.1) is 23.0 Å². The molecule has 0 unspecified atom stereocenters. The van der Waals surface area contributed by atoms with Crippen molar-refractivity contribution in [2.45, 2.75) is 11.4 Å². The van der Waals surface area contributed by atoms with Crippen LogP contribution in [0.2, 0.25) is 5.02 Å². The predicted molar refractivity (Wildman–Crippen MR) is 119 cm³/mol. The molecule has 0 atom stereocenters. The molecule has 0 saturated heterocycles. The second-order valence-electron chi connectivity index (χ2n) is 5.90. The molecule has 0 amide bonds. The molecule has 2 aliphatic heterocycles. The average molecular weight is 511 g/mol. The number of aliphatic imine (C=N–C) groups is 1. The van der Waals surface area contributed by atoms with Gasteiger partial charge in [0.25, 0.3) is 10.0 Å². The van der Waals surface area contributed by atoms with Gasteiger partial charge in [0, 0.05) is 25.0 Å². The third-order valence-electron chi connectivity index (χ3n) is 4.09. The number of anilines is 1. The van der Waals surface area contributed by atoms with Crippen molar-refractivity contribution in [3.8, 4) is 0 Å². The summed E-state index contributed by atoms with van der Waals surface area (Å²) in [4.78, 5) is 5.64. The van der Waals surface area contributed by atoms with Crippen LogP contribution in [-0.2, 0) is 16.6 Å². The molecular weight excluding hydrogens is 499 g/mol. The van der Waals surface area contributed by atoms with Crippen LogP contribution in [-0.4, -0.2) is 52.2 Å². The zero-order valence-electron chi connectivity index (χ0n) is 14.4. The summed E-state index contributed by atoms with van der Waals surface area (Å²) in [7, 11) is -4.01. The first-order valence-corrected chi connectivity index (χ1v) is 12.3. The fourth-order valence-corrected chi connectivity index (χ4v) is 6.26. The largest absolute Gasteiger partial charge is 0.294 e. The Bertz CT molecular complexity index is 1180. The number of nitrogens with one attached hydrogen (secondary N) is 1. The van der Waals surface area contributed by atoms with Gasteiger partial charge in [-0.2, -0.15) is 4.37 Å². The number of rotatable bonds is 3.